The number of hydrogen-bond donors (Lipinski definition) is 1. The fourth-order valence-electron chi connectivity index (χ4n) is 3.82. The van der Waals surface area contributed by atoms with Crippen molar-refractivity contribution in [3.8, 4) is 0 Å². The van der Waals surface area contributed by atoms with E-state index in [4.69, 9.17) is 14.3 Å². The highest BCUT2D eigenvalue weighted by Crippen LogP contribution is 2.41. The van der Waals surface area contributed by atoms with Gasteiger partial charge < -0.3 is 14.3 Å². The Morgan fingerprint density at radius 3 is 2.24 bits per heavy atom. The number of benzene rings is 2. The fourth-order valence-corrected chi connectivity index (χ4v) is 5.14. The van der Waals surface area contributed by atoms with Gasteiger partial charge in [0.05, 0.1) is 7.11 Å². The van der Waals surface area contributed by atoms with Gasteiger partial charge in [-0.1, -0.05) is 60.7 Å². The monoisotopic (exact) mass is 468 g/mol. The Labute approximate surface area is 195 Å². The summed E-state index contributed by atoms with van der Waals surface area (Å²) in [4.78, 5) is 44.1. The van der Waals surface area contributed by atoms with Crippen LogP contribution in [0.25, 0.3) is 0 Å². The number of fused-ring (bicyclic) bond motifs is 1. The molecule has 0 saturated carbocycles. The molecule has 2 aromatic rings. The first-order chi connectivity index (χ1) is 16.0. The lowest BCUT2D eigenvalue weighted by atomic mass is 10.0. The van der Waals surface area contributed by atoms with Gasteiger partial charge in [0.2, 0.25) is 0 Å². The Morgan fingerprint density at radius 2 is 1.70 bits per heavy atom. The maximum absolute atomic E-state index is 13.5. The predicted octanol–water partition coefficient (Wildman–Crippen LogP) is 2.57. The van der Waals surface area contributed by atoms with Gasteiger partial charge in [0, 0.05) is 18.2 Å². The van der Waals surface area contributed by atoms with Crippen LogP contribution >= 0.6 is 11.8 Å². The molecule has 2 aliphatic heterocycles. The molecule has 9 heteroatoms. The number of nitrogens with zero attached hydrogens (tertiary/aromatic N) is 1. The average molecular weight is 469 g/mol. The molecule has 0 radical (unpaired) electrons. The van der Waals surface area contributed by atoms with Crippen molar-refractivity contribution in [1.29, 1.82) is 0 Å². The molecular formula is C24H24N2O6S. The van der Waals surface area contributed by atoms with Crippen molar-refractivity contribution in [3.63, 3.8) is 0 Å². The summed E-state index contributed by atoms with van der Waals surface area (Å²) in [6.45, 7) is 1.21. The molecule has 4 rings (SSSR count). The van der Waals surface area contributed by atoms with E-state index in [9.17, 15) is 14.4 Å². The molecule has 0 unspecified atom stereocenters. The summed E-state index contributed by atoms with van der Waals surface area (Å²) < 4.78 is 11.2. The number of carbonyl (C=O) groups is 3. The minimum Gasteiger partial charge on any atom is -0.461 e. The van der Waals surface area contributed by atoms with E-state index in [0.29, 0.717) is 11.3 Å². The number of hydroxylamine groups is 1. The van der Waals surface area contributed by atoms with Crippen molar-refractivity contribution in [3.05, 3.63) is 83.1 Å². The Balaban J connectivity index is 1.67. The van der Waals surface area contributed by atoms with E-state index in [0.717, 1.165) is 11.1 Å². The van der Waals surface area contributed by atoms with Crippen molar-refractivity contribution in [2.75, 3.05) is 19.5 Å². The largest absolute Gasteiger partial charge is 0.461 e. The van der Waals surface area contributed by atoms with Gasteiger partial charge in [-0.15, -0.1) is 11.8 Å². The first-order valence-corrected chi connectivity index (χ1v) is 11.5. The zero-order valence-electron chi connectivity index (χ0n) is 18.2. The Morgan fingerprint density at radius 1 is 1.09 bits per heavy atom. The third kappa shape index (κ3) is 4.80. The molecule has 1 N–H and O–H groups in total. The van der Waals surface area contributed by atoms with Crippen molar-refractivity contribution >= 4 is 29.6 Å². The molecule has 2 heterocycles. The van der Waals surface area contributed by atoms with Crippen LogP contribution < -0.4 is 5.48 Å². The summed E-state index contributed by atoms with van der Waals surface area (Å²) in [5.41, 5.74) is 4.93. The number of β-lactam (4-membered cyclic amide) rings is 1. The second-order valence-corrected chi connectivity index (χ2v) is 8.65. The summed E-state index contributed by atoms with van der Waals surface area (Å²) in [6, 6.07) is 18.2. The van der Waals surface area contributed by atoms with E-state index in [1.807, 2.05) is 60.7 Å². The molecule has 0 aliphatic carbocycles. The number of thioether (sulfide) groups is 1. The van der Waals surface area contributed by atoms with E-state index in [1.54, 1.807) is 0 Å². The van der Waals surface area contributed by atoms with Gasteiger partial charge in [0.1, 0.15) is 23.7 Å². The number of esters is 2. The SMILES string of the molecule is CON[C@@H]1C(=O)N2C(C(=O)OC(c3ccccc3)c3ccccc3)=C(COC(C)=O)CS[C@H]12. The Bertz CT molecular complexity index is 1020. The lowest BCUT2D eigenvalue weighted by Gasteiger charge is -2.49. The minimum absolute atomic E-state index is 0.0903. The van der Waals surface area contributed by atoms with Crippen LogP contribution in [0.5, 0.6) is 0 Å². The number of carbonyl (C=O) groups excluding carboxylic acids is 3. The zero-order chi connectivity index (χ0) is 23.4. The second kappa shape index (κ2) is 10.2. The van der Waals surface area contributed by atoms with Crippen LogP contribution in [0.4, 0.5) is 0 Å². The molecule has 0 spiro atoms. The molecule has 2 aromatic carbocycles. The number of rotatable bonds is 8. The van der Waals surface area contributed by atoms with Crippen LogP contribution in [0.3, 0.4) is 0 Å². The third-order valence-corrected chi connectivity index (χ3v) is 6.70. The van der Waals surface area contributed by atoms with Gasteiger partial charge >= 0.3 is 11.9 Å². The highest BCUT2D eigenvalue weighted by molar-refractivity contribution is 8.00. The van der Waals surface area contributed by atoms with Gasteiger partial charge in [-0.25, -0.2) is 4.79 Å². The molecule has 1 saturated heterocycles. The molecule has 2 atom stereocenters. The molecule has 0 aromatic heterocycles. The molecule has 8 nitrogen and oxygen atoms in total. The topological polar surface area (TPSA) is 94.2 Å². The normalized spacial score (nSPS) is 19.7. The average Bonchev–Trinajstić information content (AvgIpc) is 2.84. The van der Waals surface area contributed by atoms with Gasteiger partial charge in [-0.2, -0.15) is 5.48 Å². The number of hydrogen-bond acceptors (Lipinski definition) is 8. The van der Waals surface area contributed by atoms with E-state index in [-0.39, 0.29) is 23.6 Å². The second-order valence-electron chi connectivity index (χ2n) is 7.55. The van der Waals surface area contributed by atoms with E-state index >= 15 is 0 Å². The lowest BCUT2D eigenvalue weighted by Crippen LogP contribution is -2.69. The highest BCUT2D eigenvalue weighted by atomic mass is 32.2. The highest BCUT2D eigenvalue weighted by Gasteiger charge is 2.54. The maximum Gasteiger partial charge on any atom is 0.356 e. The van der Waals surface area contributed by atoms with Gasteiger partial charge in [-0.3, -0.25) is 14.5 Å². The first kappa shape index (κ1) is 23.0. The summed E-state index contributed by atoms with van der Waals surface area (Å²) in [6.07, 6.45) is -0.667. The van der Waals surface area contributed by atoms with E-state index < -0.39 is 24.1 Å². The quantitative estimate of drug-likeness (QED) is 0.359. The van der Waals surface area contributed by atoms with Crippen LogP contribution in [-0.2, 0) is 28.7 Å². The number of amides is 1. The van der Waals surface area contributed by atoms with Gasteiger partial charge in [-0.05, 0) is 11.1 Å². The van der Waals surface area contributed by atoms with Crippen molar-refractivity contribution < 1.29 is 28.7 Å². The Kier molecular flexibility index (Phi) is 7.12. The Hall–Kier alpha value is -3.14. The third-order valence-electron chi connectivity index (χ3n) is 5.36. The molecule has 172 valence electrons. The summed E-state index contributed by atoms with van der Waals surface area (Å²) >= 11 is 1.46. The van der Waals surface area contributed by atoms with Crippen LogP contribution in [0.15, 0.2) is 71.9 Å². The van der Waals surface area contributed by atoms with Crippen LogP contribution in [0.2, 0.25) is 0 Å². The number of ether oxygens (including phenoxy) is 2. The molecule has 0 bridgehead atoms. The van der Waals surface area contributed by atoms with Crippen LogP contribution in [-0.4, -0.2) is 53.6 Å². The van der Waals surface area contributed by atoms with Crippen molar-refractivity contribution in [1.82, 2.24) is 10.4 Å². The van der Waals surface area contributed by atoms with Crippen LogP contribution in [0.1, 0.15) is 24.2 Å². The summed E-state index contributed by atoms with van der Waals surface area (Å²) in [5, 5.41) is -0.326. The first-order valence-electron chi connectivity index (χ1n) is 10.4. The van der Waals surface area contributed by atoms with E-state index in [2.05, 4.69) is 5.48 Å². The fraction of sp³-hybridized carbons (Fsp3) is 0.292. The number of nitrogens with one attached hydrogen (secondary N) is 1. The van der Waals surface area contributed by atoms with Gasteiger partial charge in [0.25, 0.3) is 5.91 Å². The predicted molar refractivity (Wildman–Crippen MR) is 122 cm³/mol. The smallest absolute Gasteiger partial charge is 0.356 e. The summed E-state index contributed by atoms with van der Waals surface area (Å²) in [7, 11) is 1.44. The van der Waals surface area contributed by atoms with Crippen LogP contribution in [0, 0.1) is 0 Å². The molecule has 2 aliphatic rings. The van der Waals surface area contributed by atoms with Crippen molar-refractivity contribution in [2.24, 2.45) is 0 Å². The van der Waals surface area contributed by atoms with Crippen molar-refractivity contribution in [2.45, 2.75) is 24.4 Å². The molecule has 1 fully saturated rings. The molecule has 1 amide bonds. The minimum atomic E-state index is -0.667. The molecular weight excluding hydrogens is 444 g/mol. The summed E-state index contributed by atoms with van der Waals surface area (Å²) in [5.74, 6) is -1.01. The zero-order valence-corrected chi connectivity index (χ0v) is 19.0. The van der Waals surface area contributed by atoms with Gasteiger partial charge in [0.15, 0.2) is 6.10 Å². The molecule has 33 heavy (non-hydrogen) atoms. The maximum atomic E-state index is 13.5. The lowest BCUT2D eigenvalue weighted by molar-refractivity contribution is -0.158. The van der Waals surface area contributed by atoms with E-state index in [1.165, 1.54) is 30.7 Å². The standard InChI is InChI=1S/C24H24N2O6S/c1-15(27)31-13-18-14-33-23-19(25-30-2)22(28)26(23)20(18)24(29)32-21(16-9-5-3-6-10-16)17-11-7-4-8-12-17/h3-12,19,21,23,25H,13-14H2,1-2H3/t19-,23-/m1/s1.